The Morgan fingerprint density at radius 3 is 1.25 bits per heavy atom. The summed E-state index contributed by atoms with van der Waals surface area (Å²) >= 11 is 1.68. The fourth-order valence-corrected chi connectivity index (χ4v) is 4.36. The van der Waals surface area contributed by atoms with E-state index < -0.39 is 0 Å². The predicted octanol–water partition coefficient (Wildman–Crippen LogP) is 3.58. The van der Waals surface area contributed by atoms with E-state index in [0.717, 1.165) is 0 Å². The van der Waals surface area contributed by atoms with Crippen LogP contribution in [-0.4, -0.2) is 3.90 Å². The van der Waals surface area contributed by atoms with E-state index in [9.17, 15) is 0 Å². The molecule has 0 amide bonds. The first-order chi connectivity index (χ1) is 5.10. The van der Waals surface area contributed by atoms with Crippen molar-refractivity contribution < 1.29 is 19.4 Å². The molecular weight excluding hydrogens is 316 g/mol. The van der Waals surface area contributed by atoms with Crippen molar-refractivity contribution in [2.24, 2.45) is 10.8 Å². The van der Waals surface area contributed by atoms with Crippen LogP contribution < -0.4 is 0 Å². The Morgan fingerprint density at radius 2 is 1.08 bits per heavy atom. The standard InChI is InChI=1S/C11H22.W/c1-10(2,3)8-7-9-11(4,5)6;/h8-9H2,1-6H3;. The molecule has 0 radical (unpaired) electrons. The van der Waals surface area contributed by atoms with Crippen LogP contribution in [0.1, 0.15) is 54.4 Å². The first kappa shape index (κ1) is 12.6. The van der Waals surface area contributed by atoms with Gasteiger partial charge in [-0.25, -0.2) is 0 Å². The van der Waals surface area contributed by atoms with Crippen molar-refractivity contribution >= 4 is 3.90 Å². The number of hydrogen-bond acceptors (Lipinski definition) is 0. The van der Waals surface area contributed by atoms with Crippen LogP contribution in [0.25, 0.3) is 0 Å². The van der Waals surface area contributed by atoms with Gasteiger partial charge in [-0.05, 0) is 0 Å². The average Bonchev–Trinajstić information content (AvgIpc) is 1.49. The molecule has 0 aliphatic carbocycles. The topological polar surface area (TPSA) is 0 Å². The molecule has 0 aromatic carbocycles. The third kappa shape index (κ3) is 8.65. The van der Waals surface area contributed by atoms with Crippen molar-refractivity contribution in [2.45, 2.75) is 54.4 Å². The zero-order valence-electron chi connectivity index (χ0n) is 9.32. The van der Waals surface area contributed by atoms with Crippen molar-refractivity contribution in [3.8, 4) is 0 Å². The SMILES string of the molecule is CC(C)(C)C[C](=[W])CC(C)(C)C. The molecule has 12 heavy (non-hydrogen) atoms. The monoisotopic (exact) mass is 338 g/mol. The minimum atomic E-state index is 0.475. The van der Waals surface area contributed by atoms with Crippen molar-refractivity contribution in [3.05, 3.63) is 0 Å². The zero-order chi connectivity index (χ0) is 9.99. The van der Waals surface area contributed by atoms with Gasteiger partial charge >= 0.3 is 88.5 Å². The summed E-state index contributed by atoms with van der Waals surface area (Å²) in [7, 11) is 0. The molecule has 0 aromatic heterocycles. The predicted molar refractivity (Wildman–Crippen MR) is 53.2 cm³/mol. The molecule has 0 heterocycles. The van der Waals surface area contributed by atoms with Gasteiger partial charge in [-0.1, -0.05) is 0 Å². The molecule has 0 saturated carbocycles. The van der Waals surface area contributed by atoms with Gasteiger partial charge in [0.2, 0.25) is 0 Å². The second kappa shape index (κ2) is 4.18. The summed E-state index contributed by atoms with van der Waals surface area (Å²) in [6.45, 7) is 13.9. The van der Waals surface area contributed by atoms with Crippen LogP contribution in [0.3, 0.4) is 0 Å². The van der Waals surface area contributed by atoms with E-state index in [4.69, 9.17) is 0 Å². The Kier molecular flexibility index (Phi) is 4.37. The molecule has 0 aliphatic rings. The van der Waals surface area contributed by atoms with Crippen LogP contribution >= 0.6 is 0 Å². The molecule has 0 fully saturated rings. The van der Waals surface area contributed by atoms with Crippen LogP contribution in [0.4, 0.5) is 0 Å². The van der Waals surface area contributed by atoms with Gasteiger partial charge in [-0.3, -0.25) is 0 Å². The van der Waals surface area contributed by atoms with Crippen LogP contribution in [-0.2, 0) is 19.4 Å². The summed E-state index contributed by atoms with van der Waals surface area (Å²) in [5, 5.41) is 0. The molecule has 0 N–H and O–H groups in total. The maximum atomic E-state index is 2.32. The van der Waals surface area contributed by atoms with E-state index in [1.807, 2.05) is 0 Å². The molecule has 0 aromatic rings. The van der Waals surface area contributed by atoms with Crippen LogP contribution in [0.2, 0.25) is 0 Å². The number of rotatable bonds is 2. The molecular formula is C11H22W. The summed E-state index contributed by atoms with van der Waals surface area (Å²) in [6.07, 6.45) is 2.58. The molecule has 0 atom stereocenters. The molecule has 0 spiro atoms. The van der Waals surface area contributed by atoms with Gasteiger partial charge in [0.05, 0.1) is 0 Å². The van der Waals surface area contributed by atoms with E-state index in [2.05, 4.69) is 41.5 Å². The zero-order valence-corrected chi connectivity index (χ0v) is 12.3. The second-order valence-electron chi connectivity index (χ2n) is 6.01. The Hall–Kier alpha value is 0.558. The Balaban J connectivity index is 3.92. The van der Waals surface area contributed by atoms with Crippen LogP contribution in [0.15, 0.2) is 0 Å². The molecule has 0 saturated heterocycles. The van der Waals surface area contributed by atoms with Gasteiger partial charge in [0.15, 0.2) is 0 Å². The van der Waals surface area contributed by atoms with Crippen molar-refractivity contribution in [3.63, 3.8) is 0 Å². The summed E-state index contributed by atoms with van der Waals surface area (Å²) in [6, 6.07) is 0. The quantitative estimate of drug-likeness (QED) is 0.722. The third-order valence-electron chi connectivity index (χ3n) is 1.45. The van der Waals surface area contributed by atoms with Crippen molar-refractivity contribution in [2.75, 3.05) is 0 Å². The van der Waals surface area contributed by atoms with Crippen LogP contribution in [0.5, 0.6) is 0 Å². The first-order valence-electron chi connectivity index (χ1n) is 4.62. The van der Waals surface area contributed by atoms with E-state index in [1.165, 1.54) is 12.8 Å². The molecule has 0 nitrogen and oxygen atoms in total. The fourth-order valence-electron chi connectivity index (χ4n) is 1.25. The Labute approximate surface area is 88.5 Å². The number of hydrogen-bond donors (Lipinski definition) is 0. The summed E-state index contributed by atoms with van der Waals surface area (Å²) in [4.78, 5) is 0. The third-order valence-corrected chi connectivity index (χ3v) is 2.49. The van der Waals surface area contributed by atoms with Gasteiger partial charge in [-0.2, -0.15) is 0 Å². The summed E-state index contributed by atoms with van der Waals surface area (Å²) in [5.74, 6) is 0. The normalized spacial score (nSPS) is 13.2. The van der Waals surface area contributed by atoms with Crippen molar-refractivity contribution in [1.82, 2.24) is 0 Å². The minimum absolute atomic E-state index is 0.475. The van der Waals surface area contributed by atoms with E-state index in [-0.39, 0.29) is 0 Å². The van der Waals surface area contributed by atoms with Gasteiger partial charge in [-0.15, -0.1) is 0 Å². The van der Waals surface area contributed by atoms with Gasteiger partial charge < -0.3 is 0 Å². The fraction of sp³-hybridized carbons (Fsp3) is 0.909. The Morgan fingerprint density at radius 1 is 0.833 bits per heavy atom. The van der Waals surface area contributed by atoms with Gasteiger partial charge in [0.25, 0.3) is 0 Å². The van der Waals surface area contributed by atoms with E-state index in [1.54, 1.807) is 23.3 Å². The Bertz CT molecular complexity index is 137. The molecule has 0 bridgehead atoms. The van der Waals surface area contributed by atoms with Crippen molar-refractivity contribution in [1.29, 1.82) is 0 Å². The molecule has 1 heteroatoms. The molecule has 72 valence electrons. The molecule has 0 unspecified atom stereocenters. The maximum absolute atomic E-state index is 2.32. The second-order valence-corrected chi connectivity index (χ2v) is 8.09. The van der Waals surface area contributed by atoms with E-state index in [0.29, 0.717) is 10.8 Å². The van der Waals surface area contributed by atoms with E-state index >= 15 is 0 Å². The average molecular weight is 338 g/mol. The summed E-state index contributed by atoms with van der Waals surface area (Å²) < 4.78 is 1.72. The summed E-state index contributed by atoms with van der Waals surface area (Å²) in [5.41, 5.74) is 0.949. The molecule has 0 rings (SSSR count). The first-order valence-corrected chi connectivity index (χ1v) is 6.09. The van der Waals surface area contributed by atoms with Gasteiger partial charge in [0.1, 0.15) is 0 Å². The van der Waals surface area contributed by atoms with Crippen LogP contribution in [0, 0.1) is 10.8 Å². The van der Waals surface area contributed by atoms with Gasteiger partial charge in [0, 0.05) is 0 Å². The molecule has 0 aliphatic heterocycles.